The van der Waals surface area contributed by atoms with Gasteiger partial charge in [-0.15, -0.1) is 0 Å². The standard InChI is InChI=1S/C4H17N5P/c5-1-9(2-6,3-7)10-4-8/h10H,1-8H2/q+1. The second-order valence-corrected chi connectivity index (χ2v) is 3.73. The molecule has 1 unspecified atom stereocenters. The lowest BCUT2D eigenvalue weighted by atomic mass is 10.8. The van der Waals surface area contributed by atoms with Crippen LogP contribution in [0, 0.1) is 0 Å². The molecule has 8 N–H and O–H groups in total. The summed E-state index contributed by atoms with van der Waals surface area (Å²) >= 11 is 0. The third-order valence-corrected chi connectivity index (χ3v) is 2.88. The molecule has 0 amide bonds. The number of rotatable bonds is 5. The molecule has 0 spiro atoms. The van der Waals surface area contributed by atoms with E-state index in [1.165, 1.54) is 0 Å². The van der Waals surface area contributed by atoms with E-state index in [0.717, 1.165) is 0 Å². The van der Waals surface area contributed by atoms with Gasteiger partial charge in [-0.1, -0.05) is 0 Å². The van der Waals surface area contributed by atoms with E-state index in [4.69, 9.17) is 22.9 Å². The molecule has 0 fully saturated rings. The number of hydrogen-bond acceptors (Lipinski definition) is 4. The first-order valence-electron chi connectivity index (χ1n) is 3.16. The van der Waals surface area contributed by atoms with Crippen molar-refractivity contribution in [3.8, 4) is 0 Å². The maximum atomic E-state index is 5.48. The Bertz CT molecular complexity index is 75.5. The van der Waals surface area contributed by atoms with Crippen LogP contribution in [0.15, 0.2) is 0 Å². The van der Waals surface area contributed by atoms with E-state index in [0.29, 0.717) is 39.3 Å². The van der Waals surface area contributed by atoms with Crippen LogP contribution in [0.5, 0.6) is 0 Å². The first-order chi connectivity index (χ1) is 4.74. The average Bonchev–Trinajstić information content (AvgIpc) is 2.01. The first kappa shape index (κ1) is 10.2. The normalized spacial score (nSPS) is 13.2. The molecule has 62 valence electrons. The molecule has 0 radical (unpaired) electrons. The third-order valence-electron chi connectivity index (χ3n) is 1.48. The Kier molecular flexibility index (Phi) is 5.07. The lowest BCUT2D eigenvalue weighted by molar-refractivity contribution is -0.802. The summed E-state index contributed by atoms with van der Waals surface area (Å²) in [6, 6.07) is 0. The van der Waals surface area contributed by atoms with E-state index in [1.807, 2.05) is 0 Å². The van der Waals surface area contributed by atoms with Gasteiger partial charge in [0.25, 0.3) is 0 Å². The third kappa shape index (κ3) is 2.46. The molecule has 0 aliphatic carbocycles. The van der Waals surface area contributed by atoms with Gasteiger partial charge >= 0.3 is 0 Å². The van der Waals surface area contributed by atoms with Crippen molar-refractivity contribution in [1.29, 1.82) is 0 Å². The van der Waals surface area contributed by atoms with Crippen LogP contribution in [0.1, 0.15) is 0 Å². The second kappa shape index (κ2) is 4.96. The van der Waals surface area contributed by atoms with Gasteiger partial charge in [0.15, 0.2) is 0 Å². The molecule has 1 atom stereocenters. The Hall–Kier alpha value is 0.230. The Morgan fingerprint density at radius 3 is 1.40 bits per heavy atom. The molecule has 0 saturated heterocycles. The molecule has 0 aliphatic rings. The fourth-order valence-corrected chi connectivity index (χ4v) is 1.39. The van der Waals surface area contributed by atoms with Crippen LogP contribution in [0.4, 0.5) is 0 Å². The molecule has 5 nitrogen and oxygen atoms in total. The quantitative estimate of drug-likeness (QED) is 0.282. The smallest absolute Gasteiger partial charge is 0.132 e. The van der Waals surface area contributed by atoms with Crippen molar-refractivity contribution >= 4 is 8.73 Å². The summed E-state index contributed by atoms with van der Waals surface area (Å²) < 4.78 is 0.538. The van der Waals surface area contributed by atoms with Gasteiger partial charge < -0.3 is 5.73 Å². The van der Waals surface area contributed by atoms with Crippen LogP contribution in [0.25, 0.3) is 0 Å². The molecule has 0 saturated carbocycles. The molecule has 0 aromatic carbocycles. The van der Waals surface area contributed by atoms with Gasteiger partial charge in [0, 0.05) is 0 Å². The highest BCUT2D eigenvalue weighted by Crippen LogP contribution is 2.22. The van der Waals surface area contributed by atoms with Crippen molar-refractivity contribution in [3.63, 3.8) is 0 Å². The Morgan fingerprint density at radius 1 is 0.900 bits per heavy atom. The molecule has 6 heteroatoms. The molecule has 0 aromatic rings. The van der Waals surface area contributed by atoms with Crippen LogP contribution in [0.2, 0.25) is 0 Å². The van der Waals surface area contributed by atoms with Crippen molar-refractivity contribution < 1.29 is 4.25 Å². The average molecular weight is 166 g/mol. The minimum Gasteiger partial charge on any atom is -0.322 e. The largest absolute Gasteiger partial charge is 0.322 e. The predicted octanol–water partition coefficient (Wildman–Crippen LogP) is -1.94. The molecule has 0 bridgehead atoms. The van der Waals surface area contributed by atoms with Gasteiger partial charge in [0.1, 0.15) is 28.7 Å². The number of hydrogen-bond donors (Lipinski definition) is 4. The van der Waals surface area contributed by atoms with Crippen molar-refractivity contribution in [1.82, 2.24) is 0 Å². The van der Waals surface area contributed by atoms with Crippen molar-refractivity contribution in [3.05, 3.63) is 0 Å². The zero-order valence-electron chi connectivity index (χ0n) is 6.09. The highest BCUT2D eigenvalue weighted by molar-refractivity contribution is 7.31. The minimum atomic E-state index is 0.475. The molecule has 0 heterocycles. The molecular weight excluding hydrogens is 149 g/mol. The van der Waals surface area contributed by atoms with Crippen molar-refractivity contribution in [2.24, 2.45) is 22.9 Å². The van der Waals surface area contributed by atoms with Crippen LogP contribution in [0.3, 0.4) is 0 Å². The number of nitrogens with zero attached hydrogens (tertiary/aromatic N) is 1. The number of quaternary nitrogens is 1. The molecule has 0 aliphatic heterocycles. The Morgan fingerprint density at radius 2 is 1.30 bits per heavy atom. The van der Waals surface area contributed by atoms with Gasteiger partial charge in [0.2, 0.25) is 0 Å². The highest BCUT2D eigenvalue weighted by Gasteiger charge is 2.20. The second-order valence-electron chi connectivity index (χ2n) is 2.06. The van der Waals surface area contributed by atoms with E-state index < -0.39 is 0 Å². The molecular formula is C4H17N5P+. The fraction of sp³-hybridized carbons (Fsp3) is 1.00. The van der Waals surface area contributed by atoms with Crippen LogP contribution < -0.4 is 22.9 Å². The van der Waals surface area contributed by atoms with E-state index in [9.17, 15) is 0 Å². The highest BCUT2D eigenvalue weighted by atomic mass is 31.1. The van der Waals surface area contributed by atoms with Gasteiger partial charge in [-0.25, -0.2) is 0 Å². The van der Waals surface area contributed by atoms with Gasteiger partial charge in [-0.2, -0.15) is 0 Å². The van der Waals surface area contributed by atoms with E-state index >= 15 is 0 Å². The topological polar surface area (TPSA) is 104 Å². The van der Waals surface area contributed by atoms with Gasteiger partial charge in [-0.3, -0.25) is 21.5 Å². The Labute approximate surface area is 63.1 Å². The van der Waals surface area contributed by atoms with Crippen LogP contribution in [-0.2, 0) is 0 Å². The molecule has 0 aromatic heterocycles. The van der Waals surface area contributed by atoms with Crippen molar-refractivity contribution in [2.45, 2.75) is 0 Å². The zero-order valence-corrected chi connectivity index (χ0v) is 7.09. The predicted molar refractivity (Wildman–Crippen MR) is 44.8 cm³/mol. The van der Waals surface area contributed by atoms with Gasteiger partial charge in [0.05, 0.1) is 6.29 Å². The zero-order chi connectivity index (χ0) is 8.04. The Balaban J connectivity index is 3.87. The van der Waals surface area contributed by atoms with E-state index in [-0.39, 0.29) is 0 Å². The maximum absolute atomic E-state index is 5.48. The van der Waals surface area contributed by atoms with Crippen molar-refractivity contribution in [2.75, 3.05) is 26.3 Å². The summed E-state index contributed by atoms with van der Waals surface area (Å²) in [7, 11) is 0.517. The molecule has 0 rings (SSSR count). The lowest BCUT2D eigenvalue weighted by Crippen LogP contribution is -2.52. The fourth-order valence-electron chi connectivity index (χ4n) is 0.611. The summed E-state index contributed by atoms with van der Waals surface area (Å²) in [6.07, 6.45) is 0.603. The summed E-state index contributed by atoms with van der Waals surface area (Å²) in [6.45, 7) is 1.42. The molecule has 10 heavy (non-hydrogen) atoms. The summed E-state index contributed by atoms with van der Waals surface area (Å²) in [4.78, 5) is 0. The van der Waals surface area contributed by atoms with E-state index in [1.54, 1.807) is 0 Å². The lowest BCUT2D eigenvalue weighted by Gasteiger charge is -2.32. The summed E-state index contributed by atoms with van der Waals surface area (Å²) in [5, 5.41) is 0. The minimum absolute atomic E-state index is 0.475. The van der Waals surface area contributed by atoms with Crippen LogP contribution >= 0.6 is 8.73 Å². The summed E-state index contributed by atoms with van der Waals surface area (Å²) in [5.74, 6) is 0. The monoisotopic (exact) mass is 166 g/mol. The summed E-state index contributed by atoms with van der Waals surface area (Å²) in [5.41, 5.74) is 21.8. The van der Waals surface area contributed by atoms with Gasteiger partial charge in [-0.05, 0) is 0 Å². The van der Waals surface area contributed by atoms with Crippen LogP contribution in [-0.4, -0.2) is 30.5 Å². The number of nitrogens with two attached hydrogens (primary N) is 4. The first-order valence-corrected chi connectivity index (χ1v) is 4.31. The SMILES string of the molecule is NCP[N+](CN)(CN)CN. The maximum Gasteiger partial charge on any atom is 0.132 e. The van der Waals surface area contributed by atoms with E-state index in [2.05, 4.69) is 0 Å².